The Morgan fingerprint density at radius 1 is 1.04 bits per heavy atom. The highest BCUT2D eigenvalue weighted by Gasteiger charge is 2.48. The van der Waals surface area contributed by atoms with Gasteiger partial charge in [-0.1, -0.05) is 18.2 Å². The first-order chi connectivity index (χ1) is 12.5. The molecule has 2 N–H and O–H groups in total. The van der Waals surface area contributed by atoms with Crippen molar-refractivity contribution in [1.29, 1.82) is 0 Å². The summed E-state index contributed by atoms with van der Waals surface area (Å²) in [7, 11) is 0. The number of anilines is 2. The molecule has 2 aliphatic rings. The molecule has 2 atom stereocenters. The Morgan fingerprint density at radius 2 is 1.69 bits per heavy atom. The zero-order valence-corrected chi connectivity index (χ0v) is 14.9. The molecule has 0 bridgehead atoms. The molecule has 1 fully saturated rings. The second-order valence-corrected chi connectivity index (χ2v) is 7.36. The van der Waals surface area contributed by atoms with Gasteiger partial charge >= 0.3 is 0 Å². The van der Waals surface area contributed by atoms with E-state index in [9.17, 15) is 14.4 Å². The molecule has 1 saturated heterocycles. The van der Waals surface area contributed by atoms with Crippen LogP contribution in [0, 0.1) is 0 Å². The van der Waals surface area contributed by atoms with Gasteiger partial charge in [-0.2, -0.15) is 0 Å². The summed E-state index contributed by atoms with van der Waals surface area (Å²) in [5.74, 6) is 0.133. The zero-order valence-electron chi connectivity index (χ0n) is 14.1. The highest BCUT2D eigenvalue weighted by molar-refractivity contribution is 7.99. The molecule has 132 valence electrons. The predicted octanol–water partition coefficient (Wildman–Crippen LogP) is 2.85. The molecule has 26 heavy (non-hydrogen) atoms. The van der Waals surface area contributed by atoms with E-state index in [2.05, 4.69) is 10.6 Å². The van der Waals surface area contributed by atoms with Crippen LogP contribution in [0.2, 0.25) is 0 Å². The van der Waals surface area contributed by atoms with Crippen LogP contribution in [0.5, 0.6) is 0 Å². The number of fused-ring (bicyclic) bond motifs is 3. The van der Waals surface area contributed by atoms with E-state index in [1.807, 2.05) is 24.3 Å². The van der Waals surface area contributed by atoms with Crippen molar-refractivity contribution in [2.24, 2.45) is 0 Å². The van der Waals surface area contributed by atoms with Crippen LogP contribution in [-0.2, 0) is 9.59 Å². The molecule has 2 aromatic carbocycles. The third-order valence-corrected chi connectivity index (χ3v) is 5.77. The summed E-state index contributed by atoms with van der Waals surface area (Å²) in [5, 5.41) is 5.46. The second kappa shape index (κ2) is 6.49. The minimum atomic E-state index is -0.500. The fourth-order valence-electron chi connectivity index (χ4n) is 3.31. The molecular formula is C19H17N3O3S. The minimum Gasteiger partial charge on any atom is -0.326 e. The molecule has 2 aliphatic heterocycles. The van der Waals surface area contributed by atoms with Gasteiger partial charge in [0.05, 0.1) is 0 Å². The van der Waals surface area contributed by atoms with E-state index in [4.69, 9.17) is 0 Å². The van der Waals surface area contributed by atoms with E-state index in [0.29, 0.717) is 22.7 Å². The predicted molar refractivity (Wildman–Crippen MR) is 101 cm³/mol. The Balaban J connectivity index is 1.48. The number of rotatable bonds is 3. The van der Waals surface area contributed by atoms with Gasteiger partial charge in [-0.3, -0.25) is 14.4 Å². The first-order valence-electron chi connectivity index (χ1n) is 8.26. The molecule has 6 nitrogen and oxygen atoms in total. The number of carbonyl (C=O) groups excluding carboxylic acids is 3. The van der Waals surface area contributed by atoms with E-state index >= 15 is 0 Å². The molecule has 0 radical (unpaired) electrons. The molecule has 4 rings (SSSR count). The molecule has 2 unspecified atom stereocenters. The molecule has 2 heterocycles. The van der Waals surface area contributed by atoms with Crippen molar-refractivity contribution < 1.29 is 14.4 Å². The van der Waals surface area contributed by atoms with Gasteiger partial charge in [0.2, 0.25) is 11.8 Å². The smallest absolute Gasteiger partial charge is 0.256 e. The summed E-state index contributed by atoms with van der Waals surface area (Å²) in [5.41, 5.74) is 2.96. The summed E-state index contributed by atoms with van der Waals surface area (Å²) in [6.45, 7) is 1.44. The Hall–Kier alpha value is -2.80. The van der Waals surface area contributed by atoms with Crippen LogP contribution >= 0.6 is 11.8 Å². The van der Waals surface area contributed by atoms with Crippen molar-refractivity contribution >= 4 is 40.9 Å². The summed E-state index contributed by atoms with van der Waals surface area (Å²) in [6.07, 6.45) is 0. The Morgan fingerprint density at radius 3 is 2.38 bits per heavy atom. The molecule has 0 saturated carbocycles. The van der Waals surface area contributed by atoms with Gasteiger partial charge in [-0.05, 0) is 35.9 Å². The summed E-state index contributed by atoms with van der Waals surface area (Å²) in [4.78, 5) is 38.2. The molecule has 0 aromatic heterocycles. The van der Waals surface area contributed by atoms with Gasteiger partial charge in [-0.25, -0.2) is 0 Å². The average Bonchev–Trinajstić information content (AvgIpc) is 3.17. The van der Waals surface area contributed by atoms with Gasteiger partial charge in [0.25, 0.3) is 5.91 Å². The zero-order chi connectivity index (χ0) is 18.3. The largest absolute Gasteiger partial charge is 0.326 e. The maximum atomic E-state index is 12.7. The molecule has 2 aromatic rings. The monoisotopic (exact) mass is 367 g/mol. The van der Waals surface area contributed by atoms with Crippen molar-refractivity contribution in [2.75, 3.05) is 16.4 Å². The lowest BCUT2D eigenvalue weighted by molar-refractivity contribution is -0.119. The van der Waals surface area contributed by atoms with Gasteiger partial charge < -0.3 is 15.5 Å². The maximum absolute atomic E-state index is 12.7. The number of hydrogen-bond acceptors (Lipinski definition) is 4. The van der Waals surface area contributed by atoms with Crippen LogP contribution in [0.25, 0.3) is 0 Å². The van der Waals surface area contributed by atoms with Crippen LogP contribution in [0.4, 0.5) is 11.4 Å². The minimum absolute atomic E-state index is 0.0863. The van der Waals surface area contributed by atoms with Gasteiger partial charge in [0.1, 0.15) is 11.4 Å². The Labute approximate surface area is 154 Å². The summed E-state index contributed by atoms with van der Waals surface area (Å²) in [6, 6.07) is 13.9. The molecular weight excluding hydrogens is 350 g/mol. The normalized spacial score (nSPS) is 20.5. The standard InChI is InChI=1S/C19H17N3O3S/c1-11(23)20-12-6-8-13(9-7-12)21-17(24)16-10-26-19-15-5-3-2-4-14(15)18(25)22(16)19/h2-9,16,19H,10H2,1H3,(H,20,23)(H,21,24). The van der Waals surface area contributed by atoms with E-state index in [-0.39, 0.29) is 23.1 Å². The van der Waals surface area contributed by atoms with Crippen LogP contribution in [0.1, 0.15) is 28.2 Å². The lowest BCUT2D eigenvalue weighted by atomic mass is 10.1. The van der Waals surface area contributed by atoms with Crippen molar-refractivity contribution in [3.63, 3.8) is 0 Å². The van der Waals surface area contributed by atoms with E-state index < -0.39 is 6.04 Å². The fraction of sp³-hybridized carbons (Fsp3) is 0.211. The first kappa shape index (κ1) is 16.7. The molecule has 0 spiro atoms. The summed E-state index contributed by atoms with van der Waals surface area (Å²) < 4.78 is 0. The third kappa shape index (κ3) is 2.84. The second-order valence-electron chi connectivity index (χ2n) is 6.25. The van der Waals surface area contributed by atoms with Crippen molar-refractivity contribution in [1.82, 2.24) is 4.90 Å². The van der Waals surface area contributed by atoms with E-state index in [1.54, 1.807) is 40.9 Å². The highest BCUT2D eigenvalue weighted by Crippen LogP contribution is 2.48. The van der Waals surface area contributed by atoms with Crippen LogP contribution < -0.4 is 10.6 Å². The molecule has 0 aliphatic carbocycles. The third-order valence-electron chi connectivity index (χ3n) is 4.47. The van der Waals surface area contributed by atoms with Crippen molar-refractivity contribution in [3.8, 4) is 0 Å². The average molecular weight is 367 g/mol. The number of hydrogen-bond donors (Lipinski definition) is 2. The number of thioether (sulfide) groups is 1. The van der Waals surface area contributed by atoms with Gasteiger partial charge in [-0.15, -0.1) is 11.8 Å². The van der Waals surface area contributed by atoms with Gasteiger partial charge in [0.15, 0.2) is 0 Å². The first-order valence-corrected chi connectivity index (χ1v) is 9.31. The lowest BCUT2D eigenvalue weighted by Gasteiger charge is -2.22. The molecule has 7 heteroatoms. The van der Waals surface area contributed by atoms with Crippen molar-refractivity contribution in [3.05, 3.63) is 59.7 Å². The Kier molecular flexibility index (Phi) is 4.16. The highest BCUT2D eigenvalue weighted by atomic mass is 32.2. The number of carbonyl (C=O) groups is 3. The van der Waals surface area contributed by atoms with E-state index in [0.717, 1.165) is 5.56 Å². The topological polar surface area (TPSA) is 78.5 Å². The van der Waals surface area contributed by atoms with Crippen LogP contribution in [0.15, 0.2) is 48.5 Å². The Bertz CT molecular complexity index is 897. The number of nitrogens with one attached hydrogen (secondary N) is 2. The molecule has 3 amide bonds. The van der Waals surface area contributed by atoms with Crippen molar-refractivity contribution in [2.45, 2.75) is 18.3 Å². The van der Waals surface area contributed by atoms with Gasteiger partial charge in [0, 0.05) is 29.6 Å². The van der Waals surface area contributed by atoms with Crippen LogP contribution in [-0.4, -0.2) is 34.4 Å². The number of amides is 3. The fourth-order valence-corrected chi connectivity index (χ4v) is 4.77. The number of benzene rings is 2. The van der Waals surface area contributed by atoms with Crippen LogP contribution in [0.3, 0.4) is 0 Å². The lowest BCUT2D eigenvalue weighted by Crippen LogP contribution is -2.42. The summed E-state index contributed by atoms with van der Waals surface area (Å²) >= 11 is 1.61. The number of nitrogens with zero attached hydrogens (tertiary/aromatic N) is 1. The van der Waals surface area contributed by atoms with E-state index in [1.165, 1.54) is 6.92 Å². The SMILES string of the molecule is CC(=O)Nc1ccc(NC(=O)C2CSC3c4ccccc4C(=O)N23)cc1. The quantitative estimate of drug-likeness (QED) is 0.874. The maximum Gasteiger partial charge on any atom is 0.256 e.